The fourth-order valence-corrected chi connectivity index (χ4v) is 3.44. The van der Waals surface area contributed by atoms with E-state index >= 15 is 0 Å². The van der Waals surface area contributed by atoms with E-state index in [4.69, 9.17) is 0 Å². The minimum atomic E-state index is 0.859. The van der Waals surface area contributed by atoms with Crippen LogP contribution in [0.3, 0.4) is 0 Å². The highest BCUT2D eigenvalue weighted by atomic mass is 32.2. The maximum atomic E-state index is 4.15. The molecule has 2 aromatic carbocycles. The van der Waals surface area contributed by atoms with E-state index in [9.17, 15) is 0 Å². The van der Waals surface area contributed by atoms with E-state index in [0.717, 1.165) is 15.9 Å². The first-order valence-electron chi connectivity index (χ1n) is 5.97. The van der Waals surface area contributed by atoms with Gasteiger partial charge in [0.15, 0.2) is 0 Å². The van der Waals surface area contributed by atoms with Gasteiger partial charge in [0.25, 0.3) is 0 Å². The van der Waals surface area contributed by atoms with Gasteiger partial charge in [-0.1, -0.05) is 41.7 Å². The van der Waals surface area contributed by atoms with Crippen molar-refractivity contribution in [2.45, 2.75) is 10.6 Å². The number of nitrogens with zero attached hydrogens (tertiary/aromatic N) is 2. The Labute approximate surface area is 120 Å². The van der Waals surface area contributed by atoms with Crippen LogP contribution in [-0.2, 0) is 5.75 Å². The SMILES string of the molecule is CNc1nnc(CSc2ccc3ccccc3c2)s1. The Kier molecular flexibility index (Phi) is 3.66. The molecule has 0 fully saturated rings. The lowest BCUT2D eigenvalue weighted by molar-refractivity contribution is 1.04. The number of thioether (sulfide) groups is 1. The lowest BCUT2D eigenvalue weighted by Crippen LogP contribution is -1.84. The molecule has 19 heavy (non-hydrogen) atoms. The van der Waals surface area contributed by atoms with Gasteiger partial charge in [0.05, 0.1) is 5.75 Å². The van der Waals surface area contributed by atoms with Crippen LogP contribution in [0.5, 0.6) is 0 Å². The fourth-order valence-electron chi connectivity index (χ4n) is 1.82. The van der Waals surface area contributed by atoms with Crippen LogP contribution in [0.15, 0.2) is 47.4 Å². The van der Waals surface area contributed by atoms with Crippen molar-refractivity contribution in [1.82, 2.24) is 10.2 Å². The Morgan fingerprint density at radius 2 is 1.95 bits per heavy atom. The van der Waals surface area contributed by atoms with Crippen molar-refractivity contribution in [3.63, 3.8) is 0 Å². The second kappa shape index (κ2) is 5.59. The van der Waals surface area contributed by atoms with Crippen molar-refractivity contribution in [2.75, 3.05) is 12.4 Å². The molecule has 1 aromatic heterocycles. The Bertz CT molecular complexity index is 694. The average Bonchev–Trinajstić information content (AvgIpc) is 2.93. The average molecular weight is 287 g/mol. The van der Waals surface area contributed by atoms with E-state index < -0.39 is 0 Å². The van der Waals surface area contributed by atoms with Crippen molar-refractivity contribution < 1.29 is 0 Å². The molecule has 0 saturated carbocycles. The monoisotopic (exact) mass is 287 g/mol. The molecule has 0 aliphatic heterocycles. The van der Waals surface area contributed by atoms with E-state index in [1.54, 1.807) is 23.1 Å². The number of aromatic nitrogens is 2. The smallest absolute Gasteiger partial charge is 0.205 e. The molecule has 0 saturated heterocycles. The van der Waals surface area contributed by atoms with Crippen LogP contribution in [0.25, 0.3) is 10.8 Å². The summed E-state index contributed by atoms with van der Waals surface area (Å²) in [5.74, 6) is 0.859. The number of hydrogen-bond acceptors (Lipinski definition) is 5. The van der Waals surface area contributed by atoms with E-state index in [0.29, 0.717) is 0 Å². The van der Waals surface area contributed by atoms with Gasteiger partial charge < -0.3 is 5.32 Å². The predicted molar refractivity (Wildman–Crippen MR) is 83.0 cm³/mol. The van der Waals surface area contributed by atoms with Gasteiger partial charge in [0, 0.05) is 11.9 Å². The number of nitrogens with one attached hydrogen (secondary N) is 1. The molecular formula is C14H13N3S2. The van der Waals surface area contributed by atoms with Crippen LogP contribution in [0.4, 0.5) is 5.13 Å². The molecule has 5 heteroatoms. The molecule has 0 aliphatic rings. The largest absolute Gasteiger partial charge is 0.363 e. The summed E-state index contributed by atoms with van der Waals surface area (Å²) in [7, 11) is 1.86. The van der Waals surface area contributed by atoms with Crippen molar-refractivity contribution in [3.05, 3.63) is 47.5 Å². The molecule has 0 unspecified atom stereocenters. The fraction of sp³-hybridized carbons (Fsp3) is 0.143. The van der Waals surface area contributed by atoms with Gasteiger partial charge >= 0.3 is 0 Å². The van der Waals surface area contributed by atoms with Crippen LogP contribution >= 0.6 is 23.1 Å². The molecule has 0 spiro atoms. The molecule has 1 N–H and O–H groups in total. The highest BCUT2D eigenvalue weighted by Gasteiger charge is 2.04. The van der Waals surface area contributed by atoms with Crippen molar-refractivity contribution in [3.8, 4) is 0 Å². The third-order valence-electron chi connectivity index (χ3n) is 2.76. The number of hydrogen-bond donors (Lipinski definition) is 1. The number of anilines is 1. The first kappa shape index (κ1) is 12.4. The van der Waals surface area contributed by atoms with Crippen molar-refractivity contribution in [1.29, 1.82) is 0 Å². The third-order valence-corrected chi connectivity index (χ3v) is 4.89. The first-order valence-corrected chi connectivity index (χ1v) is 7.77. The second-order valence-electron chi connectivity index (χ2n) is 4.05. The molecule has 3 rings (SSSR count). The number of rotatable bonds is 4. The highest BCUT2D eigenvalue weighted by Crippen LogP contribution is 2.28. The lowest BCUT2D eigenvalue weighted by atomic mass is 10.1. The summed E-state index contributed by atoms with van der Waals surface area (Å²) in [6, 6.07) is 15.0. The topological polar surface area (TPSA) is 37.8 Å². The quantitative estimate of drug-likeness (QED) is 0.735. The van der Waals surface area contributed by atoms with Gasteiger partial charge in [0.2, 0.25) is 5.13 Å². The molecule has 96 valence electrons. The number of fused-ring (bicyclic) bond motifs is 1. The summed E-state index contributed by atoms with van der Waals surface area (Å²) in [6.07, 6.45) is 0. The summed E-state index contributed by atoms with van der Waals surface area (Å²) in [6.45, 7) is 0. The van der Waals surface area contributed by atoms with E-state index in [-0.39, 0.29) is 0 Å². The minimum absolute atomic E-state index is 0.859. The van der Waals surface area contributed by atoms with Crippen molar-refractivity contribution in [2.24, 2.45) is 0 Å². The van der Waals surface area contributed by atoms with E-state index in [1.807, 2.05) is 7.05 Å². The molecular weight excluding hydrogens is 274 g/mol. The zero-order valence-electron chi connectivity index (χ0n) is 10.5. The van der Waals surface area contributed by atoms with Gasteiger partial charge in [-0.05, 0) is 22.9 Å². The van der Waals surface area contributed by atoms with Crippen molar-refractivity contribution >= 4 is 39.0 Å². The van der Waals surface area contributed by atoms with E-state index in [1.165, 1.54) is 15.7 Å². The normalized spacial score (nSPS) is 10.8. The van der Waals surface area contributed by atoms with Gasteiger partial charge in [-0.3, -0.25) is 0 Å². The molecule has 0 aliphatic carbocycles. The van der Waals surface area contributed by atoms with Gasteiger partial charge in [-0.2, -0.15) is 0 Å². The number of benzene rings is 2. The van der Waals surface area contributed by atoms with Crippen LogP contribution in [0, 0.1) is 0 Å². The maximum Gasteiger partial charge on any atom is 0.205 e. The summed E-state index contributed by atoms with van der Waals surface area (Å²) < 4.78 is 0. The van der Waals surface area contributed by atoms with Crippen LogP contribution in [-0.4, -0.2) is 17.2 Å². The van der Waals surface area contributed by atoms with Gasteiger partial charge in [-0.25, -0.2) is 0 Å². The minimum Gasteiger partial charge on any atom is -0.363 e. The van der Waals surface area contributed by atoms with Crippen LogP contribution < -0.4 is 5.32 Å². The molecule has 3 aromatic rings. The molecule has 0 radical (unpaired) electrons. The lowest BCUT2D eigenvalue weighted by Gasteiger charge is -2.02. The Balaban J connectivity index is 1.74. The third kappa shape index (κ3) is 2.88. The highest BCUT2D eigenvalue weighted by molar-refractivity contribution is 7.98. The molecule has 0 atom stereocenters. The summed E-state index contributed by atoms with van der Waals surface area (Å²) in [5, 5.41) is 15.7. The first-order chi connectivity index (χ1) is 9.35. The Hall–Kier alpha value is -1.59. The molecule has 3 nitrogen and oxygen atoms in total. The van der Waals surface area contributed by atoms with E-state index in [2.05, 4.69) is 58.0 Å². The van der Waals surface area contributed by atoms with Crippen LogP contribution in [0.2, 0.25) is 0 Å². The van der Waals surface area contributed by atoms with Crippen LogP contribution in [0.1, 0.15) is 5.01 Å². The summed E-state index contributed by atoms with van der Waals surface area (Å²) in [4.78, 5) is 1.26. The van der Waals surface area contributed by atoms with Gasteiger partial charge in [-0.15, -0.1) is 22.0 Å². The standard InChI is InChI=1S/C14H13N3S2/c1-15-14-17-16-13(19-14)9-18-12-7-6-10-4-2-3-5-11(10)8-12/h2-8H,9H2,1H3,(H,15,17). The Morgan fingerprint density at radius 1 is 1.11 bits per heavy atom. The van der Waals surface area contributed by atoms with Gasteiger partial charge in [0.1, 0.15) is 5.01 Å². The Morgan fingerprint density at radius 3 is 2.74 bits per heavy atom. The maximum absolute atomic E-state index is 4.15. The summed E-state index contributed by atoms with van der Waals surface area (Å²) >= 11 is 3.39. The molecule has 0 amide bonds. The predicted octanol–water partition coefficient (Wildman–Crippen LogP) is 4.03. The molecule has 1 heterocycles. The molecule has 0 bridgehead atoms. The zero-order valence-corrected chi connectivity index (χ0v) is 12.1. The zero-order chi connectivity index (χ0) is 13.1. The summed E-state index contributed by atoms with van der Waals surface area (Å²) in [5.41, 5.74) is 0. The second-order valence-corrected chi connectivity index (χ2v) is 6.16.